The molecule has 4 aliphatic rings. The first-order chi connectivity index (χ1) is 17.4. The molecule has 3 aliphatic heterocycles. The SMILES string of the molecule is C=CCN(CCC)C(=O)[C@@H]1[C@H]2C(=O)N([C@H](C)CO)C(C(=O)N(CC=C)C3CCCCC3)C23CC[C@H]1O3. The van der Waals surface area contributed by atoms with E-state index in [1.165, 1.54) is 6.42 Å². The third-order valence-corrected chi connectivity index (χ3v) is 8.78. The summed E-state index contributed by atoms with van der Waals surface area (Å²) in [6.45, 7) is 12.6. The summed E-state index contributed by atoms with van der Waals surface area (Å²) in [5.41, 5.74) is -1.04. The molecule has 0 aromatic heterocycles. The number of hydrogen-bond acceptors (Lipinski definition) is 5. The highest BCUT2D eigenvalue weighted by atomic mass is 16.5. The summed E-state index contributed by atoms with van der Waals surface area (Å²) in [4.78, 5) is 47.4. The zero-order chi connectivity index (χ0) is 26.0. The van der Waals surface area contributed by atoms with Gasteiger partial charge < -0.3 is 24.5 Å². The lowest BCUT2D eigenvalue weighted by Crippen LogP contribution is -2.60. The van der Waals surface area contributed by atoms with E-state index in [1.54, 1.807) is 28.9 Å². The van der Waals surface area contributed by atoms with E-state index in [9.17, 15) is 19.5 Å². The van der Waals surface area contributed by atoms with Gasteiger partial charge in [0.2, 0.25) is 17.7 Å². The fraction of sp³-hybridized carbons (Fsp3) is 0.750. The average Bonchev–Trinajstić information content (AvgIpc) is 3.53. The van der Waals surface area contributed by atoms with E-state index in [0.29, 0.717) is 32.5 Å². The number of nitrogens with zero attached hydrogens (tertiary/aromatic N) is 3. The Balaban J connectivity index is 1.73. The molecule has 36 heavy (non-hydrogen) atoms. The van der Waals surface area contributed by atoms with E-state index < -0.39 is 29.5 Å². The van der Waals surface area contributed by atoms with Gasteiger partial charge in [0.05, 0.1) is 30.6 Å². The molecule has 8 heteroatoms. The highest BCUT2D eigenvalue weighted by molar-refractivity contribution is 5.99. The van der Waals surface area contributed by atoms with Gasteiger partial charge in [-0.1, -0.05) is 38.3 Å². The quantitative estimate of drug-likeness (QED) is 0.440. The van der Waals surface area contributed by atoms with E-state index in [1.807, 2.05) is 11.8 Å². The van der Waals surface area contributed by atoms with Crippen LogP contribution in [0.4, 0.5) is 0 Å². The van der Waals surface area contributed by atoms with Gasteiger partial charge in [-0.05, 0) is 39.0 Å². The number of carbonyl (C=O) groups excluding carboxylic acids is 3. The molecule has 0 aromatic carbocycles. The van der Waals surface area contributed by atoms with E-state index in [2.05, 4.69) is 13.2 Å². The van der Waals surface area contributed by atoms with Crippen molar-refractivity contribution >= 4 is 17.7 Å². The lowest BCUT2D eigenvalue weighted by Gasteiger charge is -2.41. The highest BCUT2D eigenvalue weighted by Crippen LogP contribution is 2.59. The Morgan fingerprint density at radius 1 is 1.17 bits per heavy atom. The number of aliphatic hydroxyl groups excluding tert-OH is 1. The van der Waals surface area contributed by atoms with E-state index in [-0.39, 0.29) is 36.5 Å². The minimum Gasteiger partial charge on any atom is -0.394 e. The average molecular weight is 502 g/mol. The van der Waals surface area contributed by atoms with Crippen LogP contribution in [-0.4, -0.2) is 93.6 Å². The molecule has 0 radical (unpaired) electrons. The van der Waals surface area contributed by atoms with Crippen LogP contribution in [0.5, 0.6) is 0 Å². The largest absolute Gasteiger partial charge is 0.394 e. The first-order valence-corrected chi connectivity index (χ1v) is 13.8. The van der Waals surface area contributed by atoms with Crippen molar-refractivity contribution in [2.75, 3.05) is 26.2 Å². The molecule has 3 amide bonds. The topological polar surface area (TPSA) is 90.4 Å². The highest BCUT2D eigenvalue weighted by Gasteiger charge is 2.75. The van der Waals surface area contributed by atoms with Crippen molar-refractivity contribution in [3.05, 3.63) is 25.3 Å². The van der Waals surface area contributed by atoms with Gasteiger partial charge >= 0.3 is 0 Å². The second-order valence-corrected chi connectivity index (χ2v) is 11.0. The van der Waals surface area contributed by atoms with Gasteiger partial charge in [0, 0.05) is 25.7 Å². The lowest BCUT2D eigenvalue weighted by atomic mass is 9.70. The molecule has 3 heterocycles. The van der Waals surface area contributed by atoms with Crippen molar-refractivity contribution in [3.8, 4) is 0 Å². The molecule has 1 aliphatic carbocycles. The Bertz CT molecular complexity index is 871. The van der Waals surface area contributed by atoms with Gasteiger partial charge in [-0.15, -0.1) is 13.2 Å². The number of fused-ring (bicyclic) bond motifs is 1. The number of hydrogen-bond donors (Lipinski definition) is 1. The molecule has 4 rings (SSSR count). The number of ether oxygens (including phenoxy) is 1. The molecule has 1 N–H and O–H groups in total. The standard InChI is InChI=1S/C28H43N3O5/c1-5-15-29(16-6-2)25(33)22-21-13-14-28(36-21)23(22)26(34)31(19(4)18-32)24(28)27(35)30(17-7-3)20-11-9-8-10-12-20/h5,7,19-24,32H,1,3,6,8-18H2,2,4H3/t19-,21-,22+,23+,24?,28?/m1/s1. The van der Waals surface area contributed by atoms with Gasteiger partial charge in [-0.25, -0.2) is 0 Å². The number of carbonyl (C=O) groups is 3. The molecule has 2 unspecified atom stereocenters. The van der Waals surface area contributed by atoms with Crippen LogP contribution in [0, 0.1) is 11.8 Å². The summed E-state index contributed by atoms with van der Waals surface area (Å²) in [6.07, 6.45) is 10.3. The van der Waals surface area contributed by atoms with Crippen molar-refractivity contribution in [2.24, 2.45) is 11.8 Å². The van der Waals surface area contributed by atoms with Crippen LogP contribution < -0.4 is 0 Å². The minimum atomic E-state index is -1.04. The molecular formula is C28H43N3O5. The maximum atomic E-state index is 14.4. The Labute approximate surface area is 215 Å². The number of amides is 3. The molecule has 2 bridgehead atoms. The number of aliphatic hydroxyl groups is 1. The van der Waals surface area contributed by atoms with Crippen LogP contribution in [-0.2, 0) is 19.1 Å². The molecule has 0 aromatic rings. The van der Waals surface area contributed by atoms with Gasteiger partial charge in [0.15, 0.2) is 0 Å². The molecule has 200 valence electrons. The van der Waals surface area contributed by atoms with Crippen LogP contribution in [0.25, 0.3) is 0 Å². The molecule has 3 saturated heterocycles. The van der Waals surface area contributed by atoms with Gasteiger partial charge in [0.1, 0.15) is 11.6 Å². The van der Waals surface area contributed by atoms with E-state index in [4.69, 9.17) is 4.74 Å². The van der Waals surface area contributed by atoms with Crippen LogP contribution in [0.15, 0.2) is 25.3 Å². The Morgan fingerprint density at radius 2 is 1.86 bits per heavy atom. The molecule has 1 spiro atoms. The summed E-state index contributed by atoms with van der Waals surface area (Å²) in [6, 6.07) is -1.30. The Morgan fingerprint density at radius 3 is 2.47 bits per heavy atom. The zero-order valence-electron chi connectivity index (χ0n) is 21.9. The fourth-order valence-corrected chi connectivity index (χ4v) is 7.25. The molecule has 4 fully saturated rings. The second-order valence-electron chi connectivity index (χ2n) is 11.0. The normalized spacial score (nSPS) is 32.3. The minimum absolute atomic E-state index is 0.0957. The van der Waals surface area contributed by atoms with Crippen LogP contribution in [0.1, 0.15) is 65.2 Å². The molecule has 1 saturated carbocycles. The van der Waals surface area contributed by atoms with Crippen LogP contribution >= 0.6 is 0 Å². The Kier molecular flexibility index (Phi) is 8.25. The van der Waals surface area contributed by atoms with Gasteiger partial charge in [-0.3, -0.25) is 14.4 Å². The van der Waals surface area contributed by atoms with Crippen LogP contribution in [0.3, 0.4) is 0 Å². The van der Waals surface area contributed by atoms with Crippen LogP contribution in [0.2, 0.25) is 0 Å². The summed E-state index contributed by atoms with van der Waals surface area (Å²) < 4.78 is 6.58. The van der Waals surface area contributed by atoms with Crippen molar-refractivity contribution in [2.45, 2.75) is 95.0 Å². The third kappa shape index (κ3) is 4.30. The smallest absolute Gasteiger partial charge is 0.248 e. The lowest BCUT2D eigenvalue weighted by molar-refractivity contribution is -0.153. The summed E-state index contributed by atoms with van der Waals surface area (Å²) in [7, 11) is 0. The summed E-state index contributed by atoms with van der Waals surface area (Å²) >= 11 is 0. The first kappa shape index (κ1) is 26.9. The predicted molar refractivity (Wildman–Crippen MR) is 137 cm³/mol. The van der Waals surface area contributed by atoms with E-state index in [0.717, 1.165) is 32.1 Å². The molecular weight excluding hydrogens is 458 g/mol. The van der Waals surface area contributed by atoms with Crippen molar-refractivity contribution < 1.29 is 24.2 Å². The van der Waals surface area contributed by atoms with Crippen molar-refractivity contribution in [1.82, 2.24) is 14.7 Å². The van der Waals surface area contributed by atoms with Gasteiger partial charge in [0.25, 0.3) is 0 Å². The molecule has 8 nitrogen and oxygen atoms in total. The Hall–Kier alpha value is -2.19. The second kappa shape index (κ2) is 11.1. The van der Waals surface area contributed by atoms with Crippen molar-refractivity contribution in [3.63, 3.8) is 0 Å². The number of rotatable bonds is 11. The molecule has 6 atom stereocenters. The summed E-state index contributed by atoms with van der Waals surface area (Å²) in [5, 5.41) is 10.1. The maximum absolute atomic E-state index is 14.4. The zero-order valence-corrected chi connectivity index (χ0v) is 21.9. The predicted octanol–water partition coefficient (Wildman–Crippen LogP) is 2.51. The fourth-order valence-electron chi connectivity index (χ4n) is 7.25. The first-order valence-electron chi connectivity index (χ1n) is 13.8. The van der Waals surface area contributed by atoms with Gasteiger partial charge in [-0.2, -0.15) is 0 Å². The third-order valence-electron chi connectivity index (χ3n) is 8.78. The van der Waals surface area contributed by atoms with Crippen molar-refractivity contribution in [1.29, 1.82) is 0 Å². The maximum Gasteiger partial charge on any atom is 0.248 e. The summed E-state index contributed by atoms with van der Waals surface area (Å²) in [5.74, 6) is -1.81. The van der Waals surface area contributed by atoms with E-state index >= 15 is 0 Å². The monoisotopic (exact) mass is 501 g/mol. The number of likely N-dealkylation sites (tertiary alicyclic amines) is 1.